The molecule has 1 N–H and O–H groups in total. The summed E-state index contributed by atoms with van der Waals surface area (Å²) in [5.74, 6) is 1.59. The number of nitrogens with zero attached hydrogens (tertiary/aromatic N) is 2. The van der Waals surface area contributed by atoms with Crippen molar-refractivity contribution in [1.29, 1.82) is 0 Å². The second kappa shape index (κ2) is 7.44. The molecular weight excluding hydrogens is 222 g/mol. The highest BCUT2D eigenvalue weighted by atomic mass is 35.5. The van der Waals surface area contributed by atoms with Crippen molar-refractivity contribution in [3.8, 4) is 0 Å². The molecule has 0 aliphatic rings. The molecule has 1 aromatic heterocycles. The zero-order valence-electron chi connectivity index (χ0n) is 10.0. The van der Waals surface area contributed by atoms with E-state index in [-0.39, 0.29) is 0 Å². The molecule has 0 bridgehead atoms. The number of alkyl halides is 1. The molecule has 0 amide bonds. The summed E-state index contributed by atoms with van der Waals surface area (Å²) in [6.45, 7) is 4.30. The third-order valence-corrected chi connectivity index (χ3v) is 2.75. The molecule has 1 atom stereocenters. The van der Waals surface area contributed by atoms with Crippen molar-refractivity contribution in [3.05, 3.63) is 18.1 Å². The number of aryl methyl sites for hydroxylation is 1. The highest BCUT2D eigenvalue weighted by molar-refractivity contribution is 6.17. The standard InChI is InChI=1S/C12H20ClN3/c1-3-5-11-8-12(15-9-14-11)16-10(4-2)6-7-13/h8-10H,3-7H2,1-2H3,(H,14,15,16). The normalized spacial score (nSPS) is 12.4. The monoisotopic (exact) mass is 241 g/mol. The van der Waals surface area contributed by atoms with Crippen LogP contribution in [0.2, 0.25) is 0 Å². The van der Waals surface area contributed by atoms with Gasteiger partial charge in [-0.25, -0.2) is 9.97 Å². The molecule has 0 aromatic carbocycles. The van der Waals surface area contributed by atoms with E-state index in [1.165, 1.54) is 0 Å². The molecule has 0 spiro atoms. The van der Waals surface area contributed by atoms with Crippen LogP contribution in [-0.4, -0.2) is 21.9 Å². The Hall–Kier alpha value is -0.830. The van der Waals surface area contributed by atoms with Crippen LogP contribution in [0.25, 0.3) is 0 Å². The minimum Gasteiger partial charge on any atom is -0.367 e. The summed E-state index contributed by atoms with van der Waals surface area (Å²) < 4.78 is 0. The highest BCUT2D eigenvalue weighted by Crippen LogP contribution is 2.11. The number of aromatic nitrogens is 2. The van der Waals surface area contributed by atoms with Crippen molar-refractivity contribution in [2.75, 3.05) is 11.2 Å². The quantitative estimate of drug-likeness (QED) is 0.745. The van der Waals surface area contributed by atoms with Gasteiger partial charge in [-0.05, 0) is 19.3 Å². The van der Waals surface area contributed by atoms with Crippen LogP contribution in [0.4, 0.5) is 5.82 Å². The Balaban J connectivity index is 2.60. The predicted molar refractivity (Wildman–Crippen MR) is 69.1 cm³/mol. The van der Waals surface area contributed by atoms with Crippen molar-refractivity contribution in [1.82, 2.24) is 9.97 Å². The molecule has 3 nitrogen and oxygen atoms in total. The fraction of sp³-hybridized carbons (Fsp3) is 0.667. The van der Waals surface area contributed by atoms with E-state index < -0.39 is 0 Å². The Morgan fingerprint density at radius 1 is 1.38 bits per heavy atom. The number of anilines is 1. The summed E-state index contributed by atoms with van der Waals surface area (Å²) in [6, 6.07) is 2.43. The lowest BCUT2D eigenvalue weighted by atomic mass is 10.1. The van der Waals surface area contributed by atoms with Gasteiger partial charge >= 0.3 is 0 Å². The summed E-state index contributed by atoms with van der Waals surface area (Å²) in [5.41, 5.74) is 1.10. The summed E-state index contributed by atoms with van der Waals surface area (Å²) >= 11 is 5.75. The van der Waals surface area contributed by atoms with E-state index >= 15 is 0 Å². The number of halogens is 1. The van der Waals surface area contributed by atoms with Gasteiger partial charge in [0.2, 0.25) is 0 Å². The van der Waals surface area contributed by atoms with Crippen LogP contribution >= 0.6 is 11.6 Å². The molecule has 1 rings (SSSR count). The first-order valence-corrected chi connectivity index (χ1v) is 6.47. The highest BCUT2D eigenvalue weighted by Gasteiger charge is 2.06. The van der Waals surface area contributed by atoms with Crippen molar-refractivity contribution >= 4 is 17.4 Å². The Labute approximate surface area is 103 Å². The van der Waals surface area contributed by atoms with Crippen LogP contribution in [0.15, 0.2) is 12.4 Å². The minimum atomic E-state index is 0.405. The van der Waals surface area contributed by atoms with Gasteiger partial charge in [0.05, 0.1) is 0 Å². The molecule has 16 heavy (non-hydrogen) atoms. The van der Waals surface area contributed by atoms with E-state index in [2.05, 4.69) is 29.1 Å². The van der Waals surface area contributed by atoms with Crippen LogP contribution < -0.4 is 5.32 Å². The lowest BCUT2D eigenvalue weighted by molar-refractivity contribution is 0.671. The molecule has 90 valence electrons. The summed E-state index contributed by atoms with van der Waals surface area (Å²) in [6.07, 6.45) is 5.75. The molecule has 1 unspecified atom stereocenters. The number of nitrogens with one attached hydrogen (secondary N) is 1. The number of rotatable bonds is 7. The summed E-state index contributed by atoms with van der Waals surface area (Å²) in [7, 11) is 0. The van der Waals surface area contributed by atoms with Gasteiger partial charge in [-0.1, -0.05) is 20.3 Å². The maximum Gasteiger partial charge on any atom is 0.129 e. The van der Waals surface area contributed by atoms with E-state index in [9.17, 15) is 0 Å². The van der Waals surface area contributed by atoms with Crippen LogP contribution in [0.1, 0.15) is 38.8 Å². The Morgan fingerprint density at radius 3 is 2.81 bits per heavy atom. The predicted octanol–water partition coefficient (Wildman–Crippen LogP) is 3.25. The van der Waals surface area contributed by atoms with Gasteiger partial charge in [-0.2, -0.15) is 0 Å². The van der Waals surface area contributed by atoms with Crippen LogP contribution in [-0.2, 0) is 6.42 Å². The maximum absolute atomic E-state index is 5.75. The lowest BCUT2D eigenvalue weighted by Gasteiger charge is -2.16. The van der Waals surface area contributed by atoms with Crippen molar-refractivity contribution in [2.45, 2.75) is 45.6 Å². The SMILES string of the molecule is CCCc1cc(NC(CC)CCCl)ncn1. The second-order valence-corrected chi connectivity index (χ2v) is 4.25. The van der Waals surface area contributed by atoms with E-state index in [4.69, 9.17) is 11.6 Å². The zero-order valence-corrected chi connectivity index (χ0v) is 10.8. The van der Waals surface area contributed by atoms with Gasteiger partial charge in [-0.15, -0.1) is 11.6 Å². The Kier molecular flexibility index (Phi) is 6.16. The molecule has 0 aliphatic carbocycles. The first-order chi connectivity index (χ1) is 7.80. The Bertz CT molecular complexity index is 304. The minimum absolute atomic E-state index is 0.405. The fourth-order valence-corrected chi connectivity index (χ4v) is 1.85. The van der Waals surface area contributed by atoms with Crippen LogP contribution in [0.5, 0.6) is 0 Å². The van der Waals surface area contributed by atoms with Crippen molar-refractivity contribution < 1.29 is 0 Å². The second-order valence-electron chi connectivity index (χ2n) is 3.87. The van der Waals surface area contributed by atoms with E-state index in [1.807, 2.05) is 6.07 Å². The zero-order chi connectivity index (χ0) is 11.8. The van der Waals surface area contributed by atoms with E-state index in [0.717, 1.165) is 37.2 Å². The smallest absolute Gasteiger partial charge is 0.129 e. The maximum atomic E-state index is 5.75. The summed E-state index contributed by atoms with van der Waals surface area (Å²) in [4.78, 5) is 8.46. The molecular formula is C12H20ClN3. The topological polar surface area (TPSA) is 37.8 Å². The van der Waals surface area contributed by atoms with Gasteiger partial charge in [0, 0.05) is 23.7 Å². The first kappa shape index (κ1) is 13.2. The van der Waals surface area contributed by atoms with Crippen molar-refractivity contribution in [3.63, 3.8) is 0 Å². The average Bonchev–Trinajstić information content (AvgIpc) is 2.29. The first-order valence-electron chi connectivity index (χ1n) is 5.93. The fourth-order valence-electron chi connectivity index (χ4n) is 1.59. The van der Waals surface area contributed by atoms with Crippen molar-refractivity contribution in [2.24, 2.45) is 0 Å². The van der Waals surface area contributed by atoms with Gasteiger partial charge in [0.1, 0.15) is 12.1 Å². The van der Waals surface area contributed by atoms with E-state index in [1.54, 1.807) is 6.33 Å². The van der Waals surface area contributed by atoms with Gasteiger partial charge in [-0.3, -0.25) is 0 Å². The molecule has 0 saturated heterocycles. The molecule has 4 heteroatoms. The molecule has 0 fully saturated rings. The number of hydrogen-bond acceptors (Lipinski definition) is 3. The molecule has 1 aromatic rings. The molecule has 0 radical (unpaired) electrons. The van der Waals surface area contributed by atoms with Gasteiger partial charge in [0.25, 0.3) is 0 Å². The summed E-state index contributed by atoms with van der Waals surface area (Å²) in [5, 5.41) is 3.39. The van der Waals surface area contributed by atoms with E-state index in [0.29, 0.717) is 11.9 Å². The lowest BCUT2D eigenvalue weighted by Crippen LogP contribution is -2.19. The average molecular weight is 242 g/mol. The third-order valence-electron chi connectivity index (χ3n) is 2.53. The molecule has 0 saturated carbocycles. The van der Waals surface area contributed by atoms with Gasteiger partial charge in [0.15, 0.2) is 0 Å². The largest absolute Gasteiger partial charge is 0.367 e. The molecule has 1 heterocycles. The molecule has 0 aliphatic heterocycles. The van der Waals surface area contributed by atoms with Crippen LogP contribution in [0.3, 0.4) is 0 Å². The third kappa shape index (κ3) is 4.35. The van der Waals surface area contributed by atoms with Crippen LogP contribution in [0, 0.1) is 0 Å². The Morgan fingerprint density at radius 2 is 2.19 bits per heavy atom. The van der Waals surface area contributed by atoms with Gasteiger partial charge < -0.3 is 5.32 Å². The number of hydrogen-bond donors (Lipinski definition) is 1.